The highest BCUT2D eigenvalue weighted by Crippen LogP contribution is 2.27. The Kier molecular flexibility index (Phi) is 8.19. The summed E-state index contributed by atoms with van der Waals surface area (Å²) < 4.78 is 25.6. The number of rotatable bonds is 8. The Bertz CT molecular complexity index is 1280. The van der Waals surface area contributed by atoms with E-state index in [9.17, 15) is 18.0 Å². The van der Waals surface area contributed by atoms with Crippen LogP contribution in [0.25, 0.3) is 0 Å². The first-order valence-electron chi connectivity index (χ1n) is 10.2. The van der Waals surface area contributed by atoms with E-state index in [4.69, 9.17) is 23.2 Å². The van der Waals surface area contributed by atoms with Gasteiger partial charge in [0.2, 0.25) is 15.9 Å². The van der Waals surface area contributed by atoms with Gasteiger partial charge < -0.3 is 10.6 Å². The van der Waals surface area contributed by atoms with Gasteiger partial charge in [-0.05, 0) is 42.8 Å². The summed E-state index contributed by atoms with van der Waals surface area (Å²) in [5, 5.41) is 5.99. The van der Waals surface area contributed by atoms with Crippen LogP contribution in [0.4, 0.5) is 11.4 Å². The molecule has 2 N–H and O–H groups in total. The van der Waals surface area contributed by atoms with Gasteiger partial charge >= 0.3 is 0 Å². The number of hydrogen-bond donors (Lipinski definition) is 2. The monoisotopic (exact) mass is 519 g/mol. The number of sulfonamides is 1. The first kappa shape index (κ1) is 25.6. The van der Waals surface area contributed by atoms with Crippen molar-refractivity contribution in [1.82, 2.24) is 5.32 Å². The predicted octanol–water partition coefficient (Wildman–Crippen LogP) is 4.89. The molecule has 3 rings (SSSR count). The number of hydrogen-bond acceptors (Lipinski definition) is 4. The van der Waals surface area contributed by atoms with Gasteiger partial charge in [0.15, 0.2) is 0 Å². The van der Waals surface area contributed by atoms with Gasteiger partial charge in [0.1, 0.15) is 6.54 Å². The van der Waals surface area contributed by atoms with Crippen molar-refractivity contribution in [2.75, 3.05) is 22.4 Å². The van der Waals surface area contributed by atoms with Crippen LogP contribution in [0, 0.1) is 0 Å². The van der Waals surface area contributed by atoms with E-state index < -0.39 is 22.5 Å². The molecule has 3 aromatic carbocycles. The first-order chi connectivity index (χ1) is 16.0. The zero-order valence-electron chi connectivity index (χ0n) is 18.5. The maximum absolute atomic E-state index is 12.9. The quantitative estimate of drug-likeness (QED) is 0.442. The molecule has 0 spiro atoms. The molecule has 0 saturated carbocycles. The van der Waals surface area contributed by atoms with Crippen molar-refractivity contribution < 1.29 is 18.0 Å². The lowest BCUT2D eigenvalue weighted by molar-refractivity contribution is -0.114. The highest BCUT2D eigenvalue weighted by atomic mass is 35.5. The van der Waals surface area contributed by atoms with E-state index in [1.165, 1.54) is 18.2 Å². The van der Waals surface area contributed by atoms with Crippen LogP contribution in [-0.2, 0) is 14.8 Å². The number of carbonyl (C=O) groups is 2. The lowest BCUT2D eigenvalue weighted by Crippen LogP contribution is -2.37. The van der Waals surface area contributed by atoms with E-state index >= 15 is 0 Å². The highest BCUT2D eigenvalue weighted by Gasteiger charge is 2.23. The molecule has 0 saturated heterocycles. The molecule has 3 aromatic rings. The molecule has 0 radical (unpaired) electrons. The fourth-order valence-electron chi connectivity index (χ4n) is 3.29. The second-order valence-corrected chi connectivity index (χ2v) is 10.4. The average Bonchev–Trinajstić information content (AvgIpc) is 2.77. The first-order valence-corrected chi connectivity index (χ1v) is 12.8. The number of carbonyl (C=O) groups excluding carboxylic acids is 2. The van der Waals surface area contributed by atoms with Gasteiger partial charge in [0, 0.05) is 10.0 Å². The number of halogens is 2. The Morgan fingerprint density at radius 2 is 1.53 bits per heavy atom. The lowest BCUT2D eigenvalue weighted by atomic mass is 10.1. The number of nitrogens with one attached hydrogen (secondary N) is 2. The number of para-hydroxylation sites is 1. The Labute approximate surface area is 208 Å². The Morgan fingerprint density at radius 1 is 0.941 bits per heavy atom. The van der Waals surface area contributed by atoms with Crippen molar-refractivity contribution in [2.24, 2.45) is 0 Å². The predicted molar refractivity (Wildman–Crippen MR) is 136 cm³/mol. The summed E-state index contributed by atoms with van der Waals surface area (Å²) in [4.78, 5) is 25.7. The molecule has 10 heteroatoms. The smallest absolute Gasteiger partial charge is 0.253 e. The van der Waals surface area contributed by atoms with E-state index in [0.29, 0.717) is 0 Å². The van der Waals surface area contributed by atoms with Crippen molar-refractivity contribution in [3.8, 4) is 0 Å². The van der Waals surface area contributed by atoms with Crippen molar-refractivity contribution in [3.05, 3.63) is 94.0 Å². The third kappa shape index (κ3) is 6.72. The summed E-state index contributed by atoms with van der Waals surface area (Å²) in [6.45, 7) is 1.32. The molecule has 0 aliphatic carbocycles. The van der Waals surface area contributed by atoms with Crippen LogP contribution < -0.4 is 14.9 Å². The molecule has 34 heavy (non-hydrogen) atoms. The SMILES string of the molecule is C[C@H](NC(=O)c1ccccc1NC(=O)CN(c1cc(Cl)cc(Cl)c1)S(C)(=O)=O)c1ccccc1. The van der Waals surface area contributed by atoms with Gasteiger partial charge in [-0.3, -0.25) is 13.9 Å². The molecular formula is C24H23Cl2N3O4S. The van der Waals surface area contributed by atoms with Crippen molar-refractivity contribution in [3.63, 3.8) is 0 Å². The minimum Gasteiger partial charge on any atom is -0.345 e. The Balaban J connectivity index is 1.78. The maximum Gasteiger partial charge on any atom is 0.253 e. The van der Waals surface area contributed by atoms with E-state index in [-0.39, 0.29) is 38.9 Å². The van der Waals surface area contributed by atoms with Crippen molar-refractivity contribution >= 4 is 56.4 Å². The van der Waals surface area contributed by atoms with Gasteiger partial charge in [-0.25, -0.2) is 8.42 Å². The molecule has 0 unspecified atom stereocenters. The zero-order valence-corrected chi connectivity index (χ0v) is 20.8. The second-order valence-electron chi connectivity index (χ2n) is 7.60. The zero-order chi connectivity index (χ0) is 24.9. The third-order valence-corrected chi connectivity index (χ3v) is 6.49. The second kappa shape index (κ2) is 10.9. The maximum atomic E-state index is 12.9. The molecule has 0 aliphatic rings. The standard InChI is InChI=1S/C24H23Cl2N3O4S/c1-16(17-8-4-3-5-9-17)27-24(31)21-10-6-7-11-22(21)28-23(30)15-29(34(2,32)33)20-13-18(25)12-19(26)14-20/h3-14,16H,15H2,1-2H3,(H,27,31)(H,28,30)/t16-/m0/s1. The third-order valence-electron chi connectivity index (χ3n) is 4.92. The molecule has 0 fully saturated rings. The normalized spacial score (nSPS) is 12.0. The van der Waals surface area contributed by atoms with E-state index in [0.717, 1.165) is 16.1 Å². The summed E-state index contributed by atoms with van der Waals surface area (Å²) in [6, 6.07) is 19.9. The van der Waals surface area contributed by atoms with Crippen LogP contribution >= 0.6 is 23.2 Å². The summed E-state index contributed by atoms with van der Waals surface area (Å²) in [5.41, 5.74) is 1.58. The van der Waals surface area contributed by atoms with Crippen LogP contribution in [0.3, 0.4) is 0 Å². The molecule has 7 nitrogen and oxygen atoms in total. The molecule has 0 bridgehead atoms. The molecule has 1 atom stereocenters. The van der Waals surface area contributed by atoms with E-state index in [1.807, 2.05) is 37.3 Å². The molecule has 0 aliphatic heterocycles. The van der Waals surface area contributed by atoms with Gasteiger partial charge in [0.25, 0.3) is 5.91 Å². The summed E-state index contributed by atoms with van der Waals surface area (Å²) >= 11 is 12.0. The minimum atomic E-state index is -3.84. The lowest BCUT2D eigenvalue weighted by Gasteiger charge is -2.23. The highest BCUT2D eigenvalue weighted by molar-refractivity contribution is 7.92. The van der Waals surface area contributed by atoms with Crippen molar-refractivity contribution in [2.45, 2.75) is 13.0 Å². The fraction of sp³-hybridized carbons (Fsp3) is 0.167. The van der Waals surface area contributed by atoms with E-state index in [1.54, 1.807) is 24.3 Å². The summed E-state index contributed by atoms with van der Waals surface area (Å²) in [7, 11) is -3.84. The average molecular weight is 520 g/mol. The topological polar surface area (TPSA) is 95.6 Å². The molecule has 0 heterocycles. The number of amides is 2. The Morgan fingerprint density at radius 3 is 2.15 bits per heavy atom. The van der Waals surface area contributed by atoms with Gasteiger partial charge in [-0.1, -0.05) is 65.7 Å². The van der Waals surface area contributed by atoms with Crippen molar-refractivity contribution in [1.29, 1.82) is 0 Å². The minimum absolute atomic E-state index is 0.151. The molecular weight excluding hydrogens is 497 g/mol. The number of benzene rings is 3. The molecule has 178 valence electrons. The van der Waals surface area contributed by atoms with E-state index in [2.05, 4.69) is 10.6 Å². The van der Waals surface area contributed by atoms with Gasteiger partial charge in [-0.2, -0.15) is 0 Å². The molecule has 0 aromatic heterocycles. The summed E-state index contributed by atoms with van der Waals surface area (Å²) in [5.74, 6) is -1.02. The van der Waals surface area contributed by atoms with Gasteiger partial charge in [0.05, 0.1) is 29.2 Å². The summed E-state index contributed by atoms with van der Waals surface area (Å²) in [6.07, 6.45) is 0.974. The Hall–Kier alpha value is -3.07. The van der Waals surface area contributed by atoms with Crippen LogP contribution in [0.5, 0.6) is 0 Å². The van der Waals surface area contributed by atoms with Crippen LogP contribution in [0.15, 0.2) is 72.8 Å². The van der Waals surface area contributed by atoms with Gasteiger partial charge in [-0.15, -0.1) is 0 Å². The van der Waals surface area contributed by atoms with Crippen LogP contribution in [0.2, 0.25) is 10.0 Å². The number of nitrogens with zero attached hydrogens (tertiary/aromatic N) is 1. The largest absolute Gasteiger partial charge is 0.345 e. The van der Waals surface area contributed by atoms with Crippen LogP contribution in [0.1, 0.15) is 28.9 Å². The number of anilines is 2. The van der Waals surface area contributed by atoms with Crippen LogP contribution in [-0.4, -0.2) is 33.0 Å². The fourth-order valence-corrected chi connectivity index (χ4v) is 4.65. The molecule has 2 amide bonds.